The quantitative estimate of drug-likeness (QED) is 0.520. The van der Waals surface area contributed by atoms with Gasteiger partial charge >= 0.3 is 12.2 Å². The molecule has 0 bridgehead atoms. The van der Waals surface area contributed by atoms with Crippen LogP contribution < -0.4 is 15.0 Å². The van der Waals surface area contributed by atoms with Crippen LogP contribution >= 0.6 is 0 Å². The smallest absolute Gasteiger partial charge is 0.417 e. The van der Waals surface area contributed by atoms with E-state index in [9.17, 15) is 9.59 Å². The number of ether oxygens (including phenoxy) is 3. The second-order valence-electron chi connectivity index (χ2n) is 8.99. The molecule has 198 valence electrons. The Morgan fingerprint density at radius 2 is 1.97 bits per heavy atom. The monoisotopic (exact) mass is 521 g/mol. The van der Waals surface area contributed by atoms with Crippen molar-refractivity contribution in [1.82, 2.24) is 14.9 Å². The zero-order valence-corrected chi connectivity index (χ0v) is 21.1. The molecule has 1 fully saturated rings. The lowest BCUT2D eigenvalue weighted by atomic mass is 10.1. The molecule has 2 amide bonds. The fourth-order valence-electron chi connectivity index (χ4n) is 4.48. The molecular formula is C27H28FN5O5. The van der Waals surface area contributed by atoms with Crippen molar-refractivity contribution in [2.24, 2.45) is 0 Å². The van der Waals surface area contributed by atoms with Crippen LogP contribution in [0.4, 0.5) is 25.5 Å². The zero-order valence-electron chi connectivity index (χ0n) is 21.1. The van der Waals surface area contributed by atoms with E-state index in [1.165, 1.54) is 12.1 Å². The van der Waals surface area contributed by atoms with Crippen LogP contribution in [0.5, 0.6) is 5.75 Å². The fraction of sp³-hybridized carbons (Fsp3) is 0.333. The minimum Gasteiger partial charge on any atom is -0.450 e. The molecule has 1 aromatic heterocycles. The number of anilines is 2. The van der Waals surface area contributed by atoms with Crippen molar-refractivity contribution >= 4 is 23.7 Å². The Labute approximate surface area is 219 Å². The Bertz CT molecular complexity index is 1340. The first kappa shape index (κ1) is 25.4. The molecule has 0 spiro atoms. The summed E-state index contributed by atoms with van der Waals surface area (Å²) in [5.41, 5.74) is 1.93. The number of carbonyl (C=O) groups is 2. The molecule has 3 heterocycles. The van der Waals surface area contributed by atoms with Crippen molar-refractivity contribution < 1.29 is 28.2 Å². The largest absolute Gasteiger partial charge is 0.450 e. The number of para-hydroxylation sites is 1. The highest BCUT2D eigenvalue weighted by molar-refractivity contribution is 5.87. The number of nitrogens with one attached hydrogen (secondary N) is 1. The van der Waals surface area contributed by atoms with Crippen LogP contribution in [0.3, 0.4) is 0 Å². The number of aromatic nitrogens is 2. The zero-order chi connectivity index (χ0) is 26.6. The number of morpholine rings is 1. The summed E-state index contributed by atoms with van der Waals surface area (Å²) in [5, 5.41) is 2.42. The summed E-state index contributed by atoms with van der Waals surface area (Å²) >= 11 is 0. The minimum atomic E-state index is -0.806. The Hall–Kier alpha value is -4.25. The highest BCUT2D eigenvalue weighted by Crippen LogP contribution is 2.34. The van der Waals surface area contributed by atoms with Gasteiger partial charge in [0.25, 0.3) is 0 Å². The second kappa shape index (κ2) is 11.0. The molecule has 1 atom stereocenters. The standard InChI is InChI=1S/C27H28FN5O5/c1-3-37-27(35)32-14-20-23(15-32)29-24(31-25(20)33-11-12-36-16-17(33)2)18-9-10-22(21(28)13-18)30-26(34)38-19-7-5-4-6-8-19/h4-10,13,17H,3,11-12,14-16H2,1-2H3,(H,30,34)/t17-/m0/s1. The molecule has 10 nitrogen and oxygen atoms in total. The van der Waals surface area contributed by atoms with Gasteiger partial charge in [0.1, 0.15) is 17.4 Å². The van der Waals surface area contributed by atoms with Crippen molar-refractivity contribution in [2.45, 2.75) is 33.0 Å². The highest BCUT2D eigenvalue weighted by Gasteiger charge is 2.33. The van der Waals surface area contributed by atoms with E-state index >= 15 is 4.39 Å². The molecule has 2 aromatic carbocycles. The average Bonchev–Trinajstić information content (AvgIpc) is 3.35. The molecule has 11 heteroatoms. The van der Waals surface area contributed by atoms with E-state index in [0.717, 1.165) is 5.56 Å². The maximum absolute atomic E-state index is 15.1. The predicted molar refractivity (Wildman–Crippen MR) is 137 cm³/mol. The van der Waals surface area contributed by atoms with Crippen LogP contribution in [-0.2, 0) is 22.6 Å². The summed E-state index contributed by atoms with van der Waals surface area (Å²) in [5.74, 6) is 0.698. The number of hydrogen-bond donors (Lipinski definition) is 1. The second-order valence-corrected chi connectivity index (χ2v) is 8.99. The number of amides is 2. The molecule has 2 aliphatic rings. The van der Waals surface area contributed by atoms with Crippen molar-refractivity contribution in [3.05, 3.63) is 65.6 Å². The molecule has 38 heavy (non-hydrogen) atoms. The van der Waals surface area contributed by atoms with Gasteiger partial charge in [-0.25, -0.2) is 23.9 Å². The van der Waals surface area contributed by atoms with E-state index in [1.807, 2.05) is 6.92 Å². The lowest BCUT2D eigenvalue weighted by Gasteiger charge is -2.35. The number of rotatable bonds is 5. The first-order valence-electron chi connectivity index (χ1n) is 12.4. The van der Waals surface area contributed by atoms with Crippen molar-refractivity contribution in [2.75, 3.05) is 36.6 Å². The lowest BCUT2D eigenvalue weighted by Crippen LogP contribution is -2.44. The van der Waals surface area contributed by atoms with E-state index in [4.69, 9.17) is 19.2 Å². The summed E-state index contributed by atoms with van der Waals surface area (Å²) in [6.07, 6.45) is -1.23. The molecule has 3 aromatic rings. The molecule has 0 aliphatic carbocycles. The Morgan fingerprint density at radius 1 is 1.16 bits per heavy atom. The van der Waals surface area contributed by atoms with Crippen LogP contribution in [0.1, 0.15) is 25.1 Å². The normalized spacial score (nSPS) is 16.7. The predicted octanol–water partition coefficient (Wildman–Crippen LogP) is 4.59. The first-order chi connectivity index (χ1) is 18.4. The fourth-order valence-corrected chi connectivity index (χ4v) is 4.48. The Balaban J connectivity index is 1.43. The number of hydrogen-bond acceptors (Lipinski definition) is 8. The van der Waals surface area contributed by atoms with Gasteiger partial charge in [-0.15, -0.1) is 0 Å². The van der Waals surface area contributed by atoms with Gasteiger partial charge in [-0.3, -0.25) is 10.2 Å². The molecule has 0 unspecified atom stereocenters. The van der Waals surface area contributed by atoms with Gasteiger partial charge in [-0.2, -0.15) is 0 Å². The summed E-state index contributed by atoms with van der Waals surface area (Å²) in [4.78, 5) is 37.9. The van der Waals surface area contributed by atoms with Gasteiger partial charge in [-0.1, -0.05) is 18.2 Å². The van der Waals surface area contributed by atoms with Crippen molar-refractivity contribution in [3.63, 3.8) is 0 Å². The van der Waals surface area contributed by atoms with E-state index in [1.54, 1.807) is 48.2 Å². The highest BCUT2D eigenvalue weighted by atomic mass is 19.1. The van der Waals surface area contributed by atoms with Crippen LogP contribution in [0.2, 0.25) is 0 Å². The van der Waals surface area contributed by atoms with E-state index in [-0.39, 0.29) is 24.9 Å². The molecule has 0 saturated carbocycles. The third-order valence-corrected chi connectivity index (χ3v) is 6.34. The third kappa shape index (κ3) is 5.37. The lowest BCUT2D eigenvalue weighted by molar-refractivity contribution is 0.0980. The number of benzene rings is 2. The number of halogens is 1. The summed E-state index contributed by atoms with van der Waals surface area (Å²) in [6, 6.07) is 12.9. The third-order valence-electron chi connectivity index (χ3n) is 6.34. The van der Waals surface area contributed by atoms with Gasteiger partial charge in [0.05, 0.1) is 50.3 Å². The van der Waals surface area contributed by atoms with Gasteiger partial charge < -0.3 is 19.1 Å². The van der Waals surface area contributed by atoms with Crippen molar-refractivity contribution in [3.8, 4) is 17.1 Å². The topological polar surface area (TPSA) is 106 Å². The van der Waals surface area contributed by atoms with E-state index in [0.29, 0.717) is 55.0 Å². The SMILES string of the molecule is CCOC(=O)N1Cc2nc(-c3ccc(NC(=O)Oc4ccccc4)c(F)c3)nc(N3CCOC[C@@H]3C)c2C1. The van der Waals surface area contributed by atoms with Crippen molar-refractivity contribution in [1.29, 1.82) is 0 Å². The Morgan fingerprint density at radius 3 is 2.71 bits per heavy atom. The molecule has 5 rings (SSSR count). The van der Waals surface area contributed by atoms with Crippen LogP contribution in [0.15, 0.2) is 48.5 Å². The number of fused-ring (bicyclic) bond motifs is 1. The maximum atomic E-state index is 15.1. The summed E-state index contributed by atoms with van der Waals surface area (Å²) < 4.78 is 31.0. The van der Waals surface area contributed by atoms with E-state index in [2.05, 4.69) is 15.2 Å². The summed E-state index contributed by atoms with van der Waals surface area (Å²) in [6.45, 7) is 6.39. The molecule has 2 aliphatic heterocycles. The van der Waals surface area contributed by atoms with Crippen LogP contribution in [0.25, 0.3) is 11.4 Å². The Kier molecular flexibility index (Phi) is 7.36. The molecule has 1 N–H and O–H groups in total. The summed E-state index contributed by atoms with van der Waals surface area (Å²) in [7, 11) is 0. The van der Waals surface area contributed by atoms with Gasteiger partial charge in [0.15, 0.2) is 5.82 Å². The average molecular weight is 522 g/mol. The number of carbonyl (C=O) groups excluding carboxylic acids is 2. The van der Waals surface area contributed by atoms with Gasteiger partial charge in [-0.05, 0) is 44.2 Å². The minimum absolute atomic E-state index is 0.0358. The van der Waals surface area contributed by atoms with Crippen LogP contribution in [-0.4, -0.2) is 59.5 Å². The molecule has 1 saturated heterocycles. The van der Waals surface area contributed by atoms with Gasteiger partial charge in [0, 0.05) is 17.7 Å². The molecule has 0 radical (unpaired) electrons. The number of nitrogens with zero attached hydrogens (tertiary/aromatic N) is 4. The molecular weight excluding hydrogens is 493 g/mol. The van der Waals surface area contributed by atoms with E-state index < -0.39 is 18.0 Å². The first-order valence-corrected chi connectivity index (χ1v) is 12.4. The van der Waals surface area contributed by atoms with Crippen LogP contribution in [0, 0.1) is 5.82 Å². The van der Waals surface area contributed by atoms with Gasteiger partial charge in [0.2, 0.25) is 0 Å². The maximum Gasteiger partial charge on any atom is 0.417 e.